The van der Waals surface area contributed by atoms with E-state index in [2.05, 4.69) is 0 Å². The van der Waals surface area contributed by atoms with Crippen molar-refractivity contribution in [3.05, 3.63) is 23.8 Å². The summed E-state index contributed by atoms with van der Waals surface area (Å²) in [4.78, 5) is 0.283. The van der Waals surface area contributed by atoms with Gasteiger partial charge in [0.2, 0.25) is 10.0 Å². The fourth-order valence-corrected chi connectivity index (χ4v) is 2.83. The van der Waals surface area contributed by atoms with E-state index in [9.17, 15) is 8.42 Å². The van der Waals surface area contributed by atoms with Gasteiger partial charge in [0, 0.05) is 26.4 Å². The Bertz CT molecular complexity index is 485. The van der Waals surface area contributed by atoms with E-state index in [1.165, 1.54) is 24.5 Å². The van der Waals surface area contributed by atoms with Crippen molar-refractivity contribution in [2.24, 2.45) is 0 Å². The molecule has 0 saturated carbocycles. The minimum absolute atomic E-state index is 0.283. The molecule has 0 bridgehead atoms. The maximum Gasteiger partial charge on any atom is 0.243 e. The van der Waals surface area contributed by atoms with Gasteiger partial charge in [0.25, 0.3) is 0 Å². The molecule has 0 spiro atoms. The Morgan fingerprint density at radius 3 is 2.59 bits per heavy atom. The molecular formula is C11H18N2O3S. The Morgan fingerprint density at radius 1 is 1.41 bits per heavy atom. The van der Waals surface area contributed by atoms with E-state index in [0.717, 1.165) is 0 Å². The molecular weight excluding hydrogens is 240 g/mol. The Labute approximate surface area is 102 Å². The van der Waals surface area contributed by atoms with Crippen LogP contribution in [-0.2, 0) is 14.8 Å². The van der Waals surface area contributed by atoms with Gasteiger partial charge in [0.15, 0.2) is 0 Å². The van der Waals surface area contributed by atoms with Gasteiger partial charge >= 0.3 is 0 Å². The number of sulfonamides is 1. The van der Waals surface area contributed by atoms with Crippen LogP contribution in [0, 0.1) is 6.92 Å². The van der Waals surface area contributed by atoms with E-state index in [-0.39, 0.29) is 4.90 Å². The first-order chi connectivity index (χ1) is 7.89. The summed E-state index contributed by atoms with van der Waals surface area (Å²) >= 11 is 0. The van der Waals surface area contributed by atoms with Crippen molar-refractivity contribution in [3.8, 4) is 0 Å². The van der Waals surface area contributed by atoms with Crippen molar-refractivity contribution in [1.29, 1.82) is 0 Å². The normalized spacial score (nSPS) is 12.0. The number of nitrogens with zero attached hydrogens (tertiary/aromatic N) is 1. The first kappa shape index (κ1) is 14.0. The van der Waals surface area contributed by atoms with Crippen LogP contribution in [0.3, 0.4) is 0 Å². The summed E-state index contributed by atoms with van der Waals surface area (Å²) in [5.74, 6) is 0. The third kappa shape index (κ3) is 3.18. The topological polar surface area (TPSA) is 72.6 Å². The molecule has 0 heterocycles. The summed E-state index contributed by atoms with van der Waals surface area (Å²) < 4.78 is 30.5. The van der Waals surface area contributed by atoms with Gasteiger partial charge in [0.1, 0.15) is 0 Å². The predicted molar refractivity (Wildman–Crippen MR) is 67.3 cm³/mol. The zero-order valence-corrected chi connectivity index (χ0v) is 11.1. The fourth-order valence-electron chi connectivity index (χ4n) is 1.47. The summed E-state index contributed by atoms with van der Waals surface area (Å²) in [5, 5.41) is 0. The smallest absolute Gasteiger partial charge is 0.243 e. The lowest BCUT2D eigenvalue weighted by Crippen LogP contribution is -2.30. The second-order valence-corrected chi connectivity index (χ2v) is 5.86. The first-order valence-corrected chi connectivity index (χ1v) is 6.65. The zero-order valence-electron chi connectivity index (χ0n) is 10.3. The third-order valence-corrected chi connectivity index (χ3v) is 4.51. The van der Waals surface area contributed by atoms with Crippen LogP contribution in [-0.4, -0.2) is 40.0 Å². The fraction of sp³-hybridized carbons (Fsp3) is 0.455. The third-order valence-electron chi connectivity index (χ3n) is 2.50. The molecule has 96 valence electrons. The molecule has 0 unspecified atom stereocenters. The van der Waals surface area contributed by atoms with Crippen LogP contribution in [0.2, 0.25) is 0 Å². The number of aryl methyl sites for hydroxylation is 1. The van der Waals surface area contributed by atoms with Crippen LogP contribution >= 0.6 is 0 Å². The molecule has 0 fully saturated rings. The SMILES string of the molecule is COCCN(C)S(=O)(=O)c1ccc(N)cc1C. The average Bonchev–Trinajstić information content (AvgIpc) is 2.25. The van der Waals surface area contributed by atoms with Crippen molar-refractivity contribution in [2.45, 2.75) is 11.8 Å². The second-order valence-electron chi connectivity index (χ2n) is 3.84. The van der Waals surface area contributed by atoms with Crippen LogP contribution in [0.25, 0.3) is 0 Å². The number of nitrogens with two attached hydrogens (primary N) is 1. The van der Waals surface area contributed by atoms with Gasteiger partial charge in [-0.3, -0.25) is 0 Å². The van der Waals surface area contributed by atoms with Gasteiger partial charge in [0.05, 0.1) is 11.5 Å². The molecule has 2 N–H and O–H groups in total. The van der Waals surface area contributed by atoms with Crippen LogP contribution in [0.4, 0.5) is 5.69 Å². The monoisotopic (exact) mass is 258 g/mol. The highest BCUT2D eigenvalue weighted by molar-refractivity contribution is 7.89. The quantitative estimate of drug-likeness (QED) is 0.794. The highest BCUT2D eigenvalue weighted by Gasteiger charge is 2.22. The van der Waals surface area contributed by atoms with Crippen LogP contribution in [0.1, 0.15) is 5.56 Å². The maximum atomic E-state index is 12.2. The number of rotatable bonds is 5. The maximum absolute atomic E-state index is 12.2. The average molecular weight is 258 g/mol. The number of benzene rings is 1. The minimum Gasteiger partial charge on any atom is -0.399 e. The molecule has 5 nitrogen and oxygen atoms in total. The van der Waals surface area contributed by atoms with E-state index in [4.69, 9.17) is 10.5 Å². The lowest BCUT2D eigenvalue weighted by atomic mass is 10.2. The van der Waals surface area contributed by atoms with Crippen LogP contribution in [0.5, 0.6) is 0 Å². The van der Waals surface area contributed by atoms with Crippen molar-refractivity contribution in [2.75, 3.05) is 33.0 Å². The lowest BCUT2D eigenvalue weighted by Gasteiger charge is -2.18. The summed E-state index contributed by atoms with van der Waals surface area (Å²) in [6, 6.07) is 4.77. The molecule has 0 aliphatic rings. The van der Waals surface area contributed by atoms with Crippen molar-refractivity contribution in [1.82, 2.24) is 4.31 Å². The Balaban J connectivity index is 3.04. The largest absolute Gasteiger partial charge is 0.399 e. The second kappa shape index (κ2) is 5.48. The van der Waals surface area contributed by atoms with Gasteiger partial charge in [-0.1, -0.05) is 0 Å². The molecule has 1 aromatic carbocycles. The Kier molecular flexibility index (Phi) is 4.50. The highest BCUT2D eigenvalue weighted by Crippen LogP contribution is 2.20. The molecule has 0 aliphatic carbocycles. The summed E-state index contributed by atoms with van der Waals surface area (Å²) in [7, 11) is -0.392. The molecule has 1 rings (SSSR count). The molecule has 0 radical (unpaired) electrons. The van der Waals surface area contributed by atoms with Crippen molar-refractivity contribution < 1.29 is 13.2 Å². The van der Waals surface area contributed by atoms with E-state index < -0.39 is 10.0 Å². The molecule has 0 amide bonds. The van der Waals surface area contributed by atoms with Gasteiger partial charge in [-0.2, -0.15) is 4.31 Å². The number of likely N-dealkylation sites (N-methyl/N-ethyl adjacent to an activating group) is 1. The first-order valence-electron chi connectivity index (χ1n) is 5.21. The van der Waals surface area contributed by atoms with E-state index in [1.54, 1.807) is 19.1 Å². The van der Waals surface area contributed by atoms with Crippen molar-refractivity contribution >= 4 is 15.7 Å². The molecule has 0 aromatic heterocycles. The number of hydrogen-bond donors (Lipinski definition) is 1. The summed E-state index contributed by atoms with van der Waals surface area (Å²) in [6.45, 7) is 2.42. The number of ether oxygens (including phenoxy) is 1. The molecule has 0 aliphatic heterocycles. The number of anilines is 1. The molecule has 0 saturated heterocycles. The van der Waals surface area contributed by atoms with Crippen molar-refractivity contribution in [3.63, 3.8) is 0 Å². The van der Waals surface area contributed by atoms with E-state index in [0.29, 0.717) is 24.4 Å². The lowest BCUT2D eigenvalue weighted by molar-refractivity contribution is 0.185. The zero-order chi connectivity index (χ0) is 13.1. The van der Waals surface area contributed by atoms with Gasteiger partial charge in [-0.15, -0.1) is 0 Å². The summed E-state index contributed by atoms with van der Waals surface area (Å²) in [6.07, 6.45) is 0. The van der Waals surface area contributed by atoms with Crippen LogP contribution < -0.4 is 5.73 Å². The van der Waals surface area contributed by atoms with Gasteiger partial charge in [-0.05, 0) is 30.7 Å². The highest BCUT2D eigenvalue weighted by atomic mass is 32.2. The molecule has 6 heteroatoms. The van der Waals surface area contributed by atoms with E-state index in [1.807, 2.05) is 0 Å². The predicted octanol–water partition coefficient (Wildman–Crippen LogP) is 0.844. The molecule has 1 aromatic rings. The van der Waals surface area contributed by atoms with Gasteiger partial charge in [-0.25, -0.2) is 8.42 Å². The Morgan fingerprint density at radius 2 is 2.06 bits per heavy atom. The van der Waals surface area contributed by atoms with Crippen LogP contribution in [0.15, 0.2) is 23.1 Å². The minimum atomic E-state index is -3.46. The Hall–Kier alpha value is -1.11. The standard InChI is InChI=1S/C11H18N2O3S/c1-9-8-10(12)4-5-11(9)17(14,15)13(2)6-7-16-3/h4-5,8H,6-7,12H2,1-3H3. The number of hydrogen-bond acceptors (Lipinski definition) is 4. The molecule has 0 atom stereocenters. The van der Waals surface area contributed by atoms with E-state index >= 15 is 0 Å². The number of nitrogen functional groups attached to an aromatic ring is 1. The molecule has 17 heavy (non-hydrogen) atoms. The van der Waals surface area contributed by atoms with Gasteiger partial charge < -0.3 is 10.5 Å². The summed E-state index contributed by atoms with van der Waals surface area (Å²) in [5.41, 5.74) is 6.80. The number of methoxy groups -OCH3 is 1.